The molecule has 0 aliphatic carbocycles. The van der Waals surface area contributed by atoms with E-state index in [1.54, 1.807) is 7.11 Å². The summed E-state index contributed by atoms with van der Waals surface area (Å²) in [5.41, 5.74) is 1.22. The fourth-order valence-electron chi connectivity index (χ4n) is 1.80. The Bertz CT molecular complexity index is 308. The maximum absolute atomic E-state index is 6.36. The normalized spacial score (nSPS) is 13.6. The predicted octanol–water partition coefficient (Wildman–Crippen LogP) is 4.95. The molecule has 0 spiro atoms. The molecule has 1 nitrogen and oxygen atoms in total. The first-order valence-electron chi connectivity index (χ1n) is 6.29. The lowest BCUT2D eigenvalue weighted by Gasteiger charge is -2.22. The summed E-state index contributed by atoms with van der Waals surface area (Å²) in [5, 5.41) is 0.141. The van der Waals surface area contributed by atoms with Crippen LogP contribution in [0.25, 0.3) is 0 Å². The first-order valence-corrected chi connectivity index (χ1v) is 6.73. The van der Waals surface area contributed by atoms with Crippen LogP contribution in [0.2, 0.25) is 0 Å². The second-order valence-corrected chi connectivity index (χ2v) is 5.61. The van der Waals surface area contributed by atoms with Crippen molar-refractivity contribution in [1.29, 1.82) is 0 Å². The molecule has 0 radical (unpaired) electrons. The number of hydrogen-bond donors (Lipinski definition) is 0. The van der Waals surface area contributed by atoms with Crippen molar-refractivity contribution in [2.45, 2.75) is 50.5 Å². The van der Waals surface area contributed by atoms with Crippen LogP contribution < -0.4 is 0 Å². The van der Waals surface area contributed by atoms with Gasteiger partial charge in [0.05, 0.1) is 11.0 Å². The minimum atomic E-state index is -0.00540. The predicted molar refractivity (Wildman–Crippen MR) is 74.6 cm³/mol. The van der Waals surface area contributed by atoms with Crippen LogP contribution in [0.15, 0.2) is 30.3 Å². The van der Waals surface area contributed by atoms with Gasteiger partial charge in [-0.15, -0.1) is 11.6 Å². The number of unbranched alkanes of at least 4 members (excludes halogenated alkanes) is 1. The fraction of sp³-hybridized carbons (Fsp3) is 0.600. The molecule has 0 fully saturated rings. The first-order chi connectivity index (χ1) is 8.05. The van der Waals surface area contributed by atoms with Gasteiger partial charge in [-0.1, -0.05) is 43.2 Å². The van der Waals surface area contributed by atoms with Crippen LogP contribution in [0, 0.1) is 0 Å². The summed E-state index contributed by atoms with van der Waals surface area (Å²) < 4.78 is 5.40. The Labute approximate surface area is 110 Å². The lowest BCUT2D eigenvalue weighted by atomic mass is 9.98. The third-order valence-corrected chi connectivity index (χ3v) is 3.67. The number of hydrogen-bond acceptors (Lipinski definition) is 1. The summed E-state index contributed by atoms with van der Waals surface area (Å²) in [6.07, 6.45) is 4.43. The minimum Gasteiger partial charge on any atom is -0.379 e. The van der Waals surface area contributed by atoms with E-state index in [2.05, 4.69) is 26.0 Å². The molecule has 0 N–H and O–H groups in total. The summed E-state index contributed by atoms with van der Waals surface area (Å²) in [4.78, 5) is 0. The molecule has 0 aromatic heterocycles. The van der Waals surface area contributed by atoms with Crippen molar-refractivity contribution >= 4 is 11.6 Å². The largest absolute Gasteiger partial charge is 0.379 e. The van der Waals surface area contributed by atoms with E-state index in [1.165, 1.54) is 5.56 Å². The van der Waals surface area contributed by atoms with Gasteiger partial charge in [-0.05, 0) is 32.3 Å². The van der Waals surface area contributed by atoms with E-state index in [-0.39, 0.29) is 11.0 Å². The molecule has 0 aliphatic rings. The van der Waals surface area contributed by atoms with Gasteiger partial charge in [-0.2, -0.15) is 0 Å². The highest BCUT2D eigenvalue weighted by atomic mass is 35.5. The summed E-state index contributed by atoms with van der Waals surface area (Å²) in [6, 6.07) is 10.3. The molecule has 0 amide bonds. The molecule has 1 atom stereocenters. The monoisotopic (exact) mass is 254 g/mol. The maximum Gasteiger partial charge on any atom is 0.0622 e. The molecule has 2 heteroatoms. The molecule has 1 rings (SSSR count). The molecule has 0 heterocycles. The van der Waals surface area contributed by atoms with Crippen molar-refractivity contribution in [2.24, 2.45) is 0 Å². The molecule has 1 aromatic carbocycles. The molecule has 0 aliphatic heterocycles. The maximum atomic E-state index is 6.36. The van der Waals surface area contributed by atoms with Crippen LogP contribution in [-0.4, -0.2) is 12.7 Å². The highest BCUT2D eigenvalue weighted by Crippen LogP contribution is 2.27. The minimum absolute atomic E-state index is 0.00540. The molecule has 96 valence electrons. The van der Waals surface area contributed by atoms with Gasteiger partial charge in [-0.3, -0.25) is 0 Å². The molecule has 17 heavy (non-hydrogen) atoms. The SMILES string of the molecule is COC(C)(C)CCCCC(Cl)c1ccccc1. The van der Waals surface area contributed by atoms with Gasteiger partial charge in [0.15, 0.2) is 0 Å². The standard InChI is InChI=1S/C15H23ClO/c1-15(2,17-3)12-8-7-11-14(16)13-9-5-4-6-10-13/h4-6,9-10,14H,7-8,11-12H2,1-3H3. The van der Waals surface area contributed by atoms with Gasteiger partial charge in [-0.25, -0.2) is 0 Å². The number of halogens is 1. The smallest absolute Gasteiger partial charge is 0.0622 e. The number of methoxy groups -OCH3 is 1. The molecule has 0 bridgehead atoms. The average molecular weight is 255 g/mol. The molecular weight excluding hydrogens is 232 g/mol. The van der Waals surface area contributed by atoms with Gasteiger partial charge in [0, 0.05) is 7.11 Å². The highest BCUT2D eigenvalue weighted by molar-refractivity contribution is 6.20. The molecular formula is C15H23ClO. The van der Waals surface area contributed by atoms with Crippen LogP contribution in [-0.2, 0) is 4.74 Å². The van der Waals surface area contributed by atoms with Crippen LogP contribution in [0.3, 0.4) is 0 Å². The van der Waals surface area contributed by atoms with Crippen LogP contribution in [0.4, 0.5) is 0 Å². The average Bonchev–Trinajstić information content (AvgIpc) is 2.35. The van der Waals surface area contributed by atoms with E-state index in [0.29, 0.717) is 0 Å². The summed E-state index contributed by atoms with van der Waals surface area (Å²) >= 11 is 6.36. The van der Waals surface area contributed by atoms with Crippen LogP contribution in [0.5, 0.6) is 0 Å². The quantitative estimate of drug-likeness (QED) is 0.494. The van der Waals surface area contributed by atoms with Crippen molar-refractivity contribution in [1.82, 2.24) is 0 Å². The van der Waals surface area contributed by atoms with E-state index < -0.39 is 0 Å². The Morgan fingerprint density at radius 3 is 2.41 bits per heavy atom. The van der Waals surface area contributed by atoms with E-state index >= 15 is 0 Å². The highest BCUT2D eigenvalue weighted by Gasteiger charge is 2.15. The first kappa shape index (κ1) is 14.5. The topological polar surface area (TPSA) is 9.23 Å². The summed E-state index contributed by atoms with van der Waals surface area (Å²) in [5.74, 6) is 0. The Morgan fingerprint density at radius 2 is 1.82 bits per heavy atom. The lowest BCUT2D eigenvalue weighted by Crippen LogP contribution is -2.21. The number of benzene rings is 1. The Hall–Kier alpha value is -0.530. The zero-order chi connectivity index (χ0) is 12.7. The van der Waals surface area contributed by atoms with Gasteiger partial charge in [0.2, 0.25) is 0 Å². The third-order valence-electron chi connectivity index (χ3n) is 3.20. The number of rotatable bonds is 7. The van der Waals surface area contributed by atoms with Gasteiger partial charge in [0.1, 0.15) is 0 Å². The second kappa shape index (κ2) is 7.03. The summed E-state index contributed by atoms with van der Waals surface area (Å²) in [6.45, 7) is 4.25. The molecule has 1 unspecified atom stereocenters. The third kappa shape index (κ3) is 5.56. The number of alkyl halides is 1. The van der Waals surface area contributed by atoms with Crippen molar-refractivity contribution in [3.63, 3.8) is 0 Å². The van der Waals surface area contributed by atoms with Crippen LogP contribution in [0.1, 0.15) is 50.5 Å². The Balaban J connectivity index is 2.24. The van der Waals surface area contributed by atoms with Crippen molar-refractivity contribution in [3.8, 4) is 0 Å². The van der Waals surface area contributed by atoms with Crippen molar-refractivity contribution < 1.29 is 4.74 Å². The molecule has 0 saturated heterocycles. The van der Waals surface area contributed by atoms with Crippen LogP contribution >= 0.6 is 11.6 Å². The lowest BCUT2D eigenvalue weighted by molar-refractivity contribution is 0.0134. The van der Waals surface area contributed by atoms with E-state index in [9.17, 15) is 0 Å². The van der Waals surface area contributed by atoms with Gasteiger partial charge >= 0.3 is 0 Å². The second-order valence-electron chi connectivity index (χ2n) is 5.09. The van der Waals surface area contributed by atoms with E-state index in [4.69, 9.17) is 16.3 Å². The zero-order valence-corrected chi connectivity index (χ0v) is 11.8. The number of ether oxygens (including phenoxy) is 1. The van der Waals surface area contributed by atoms with Gasteiger partial charge in [0.25, 0.3) is 0 Å². The van der Waals surface area contributed by atoms with Crippen molar-refractivity contribution in [3.05, 3.63) is 35.9 Å². The van der Waals surface area contributed by atoms with E-state index in [0.717, 1.165) is 25.7 Å². The van der Waals surface area contributed by atoms with E-state index in [1.807, 2.05) is 18.2 Å². The van der Waals surface area contributed by atoms with Crippen molar-refractivity contribution in [2.75, 3.05) is 7.11 Å². The zero-order valence-electron chi connectivity index (χ0n) is 11.1. The Morgan fingerprint density at radius 1 is 1.18 bits per heavy atom. The van der Waals surface area contributed by atoms with Gasteiger partial charge < -0.3 is 4.74 Å². The summed E-state index contributed by atoms with van der Waals surface area (Å²) in [7, 11) is 1.77. The fourth-order valence-corrected chi connectivity index (χ4v) is 2.10. The molecule has 0 saturated carbocycles. The Kier molecular flexibility index (Phi) is 6.01. The molecule has 1 aromatic rings.